The highest BCUT2D eigenvalue weighted by Gasteiger charge is 2.24. The molecule has 0 spiro atoms. The molecule has 1 saturated heterocycles. The zero-order chi connectivity index (χ0) is 36.3. The van der Waals surface area contributed by atoms with Crippen LogP contribution in [-0.2, 0) is 37.4 Å². The molecule has 1 fully saturated rings. The summed E-state index contributed by atoms with van der Waals surface area (Å²) >= 11 is 0. The van der Waals surface area contributed by atoms with Gasteiger partial charge in [0.2, 0.25) is 0 Å². The molecule has 2 aliphatic rings. The van der Waals surface area contributed by atoms with E-state index in [-0.39, 0.29) is 12.0 Å². The summed E-state index contributed by atoms with van der Waals surface area (Å²) in [7, 11) is -1.23. The number of nitrogens with one attached hydrogen (secondary N) is 1. The average Bonchev–Trinajstić information content (AvgIpc) is 3.80. The molecule has 0 saturated carbocycles. The van der Waals surface area contributed by atoms with E-state index in [2.05, 4.69) is 65.5 Å². The summed E-state index contributed by atoms with van der Waals surface area (Å²) in [6, 6.07) is 22.0. The van der Waals surface area contributed by atoms with E-state index in [4.69, 9.17) is 14.2 Å². The van der Waals surface area contributed by atoms with Crippen LogP contribution in [0.4, 0.5) is 11.4 Å². The quantitative estimate of drug-likeness (QED) is 0.117. The second-order valence-corrected chi connectivity index (χ2v) is 14.9. The lowest BCUT2D eigenvalue weighted by atomic mass is 9.96. The molecule has 1 N–H and O–H groups in total. The van der Waals surface area contributed by atoms with Crippen LogP contribution < -0.4 is 15.0 Å². The zero-order valence-corrected chi connectivity index (χ0v) is 31.6. The third-order valence-corrected chi connectivity index (χ3v) is 11.1. The molecule has 2 atom stereocenters. The third kappa shape index (κ3) is 9.79. The van der Waals surface area contributed by atoms with Crippen LogP contribution in [-0.4, -0.2) is 65.3 Å². The molecule has 276 valence electrons. The third-order valence-electron chi connectivity index (χ3n) is 9.78. The number of amides is 1. The number of fused-ring (bicyclic) bond motifs is 1. The highest BCUT2D eigenvalue weighted by molar-refractivity contribution is 7.84. The van der Waals surface area contributed by atoms with Crippen LogP contribution in [0.3, 0.4) is 0 Å². The number of anilines is 2. The van der Waals surface area contributed by atoms with E-state index in [9.17, 15) is 9.00 Å². The van der Waals surface area contributed by atoms with Crippen molar-refractivity contribution >= 4 is 34.2 Å². The van der Waals surface area contributed by atoms with Crippen molar-refractivity contribution in [3.63, 3.8) is 0 Å². The van der Waals surface area contributed by atoms with Gasteiger partial charge in [0.15, 0.2) is 0 Å². The maximum Gasteiger partial charge on any atom is 0.251 e. The predicted octanol–water partition coefficient (Wildman–Crippen LogP) is 8.18. The fourth-order valence-corrected chi connectivity index (χ4v) is 8.00. The molecule has 6 rings (SSSR count). The van der Waals surface area contributed by atoms with Crippen molar-refractivity contribution < 1.29 is 23.2 Å². The van der Waals surface area contributed by atoms with E-state index in [0.717, 1.165) is 115 Å². The molecular weight excluding hydrogens is 673 g/mol. The summed E-state index contributed by atoms with van der Waals surface area (Å²) in [6.45, 7) is 11.3. The average molecular weight is 725 g/mol. The molecule has 9 nitrogen and oxygen atoms in total. The van der Waals surface area contributed by atoms with Crippen molar-refractivity contribution in [2.45, 2.75) is 82.6 Å². The van der Waals surface area contributed by atoms with Gasteiger partial charge in [-0.2, -0.15) is 0 Å². The standard InChI is InChI=1S/C42H52N4O5S/c1-4-6-22-49-24-25-51-37-16-11-32(12-17-37)33-13-20-40-35(26-33)27-34(9-7-21-46(40)28-38-10-8-23-50-38)42(47)44-36-14-18-39(19-15-36)52(48)29-41-31(3)43-30-45(41)5-2/h11-20,26-27,30,38H,4-10,21-25,28-29H2,1-3H3,(H,44,47)/b34-27+/t38-,52-/m1/s1. The Kier molecular flexibility index (Phi) is 13.3. The van der Waals surface area contributed by atoms with Gasteiger partial charge >= 0.3 is 0 Å². The first-order valence-corrected chi connectivity index (χ1v) is 20.1. The van der Waals surface area contributed by atoms with Crippen molar-refractivity contribution in [1.82, 2.24) is 9.55 Å². The Bertz CT molecular complexity index is 1830. The molecule has 0 aliphatic carbocycles. The second kappa shape index (κ2) is 18.5. The molecule has 2 aliphatic heterocycles. The van der Waals surface area contributed by atoms with Crippen LogP contribution in [0.2, 0.25) is 0 Å². The lowest BCUT2D eigenvalue weighted by Gasteiger charge is -2.31. The summed E-state index contributed by atoms with van der Waals surface area (Å²) in [5.41, 5.74) is 7.56. The second-order valence-electron chi connectivity index (χ2n) is 13.5. The number of hydrogen-bond donors (Lipinski definition) is 1. The fourth-order valence-electron chi connectivity index (χ4n) is 6.77. The molecule has 10 heteroatoms. The van der Waals surface area contributed by atoms with Crippen LogP contribution >= 0.6 is 0 Å². The van der Waals surface area contributed by atoms with E-state index in [1.807, 2.05) is 47.9 Å². The number of ether oxygens (including phenoxy) is 3. The minimum atomic E-state index is -1.23. The van der Waals surface area contributed by atoms with Crippen LogP contribution in [0.5, 0.6) is 5.75 Å². The fraction of sp³-hybridized carbons (Fsp3) is 0.429. The number of carbonyl (C=O) groups excluding carboxylic acids is 1. The maximum absolute atomic E-state index is 13.8. The van der Waals surface area contributed by atoms with Gasteiger partial charge in [-0.1, -0.05) is 31.5 Å². The van der Waals surface area contributed by atoms with Gasteiger partial charge in [0.25, 0.3) is 5.91 Å². The summed E-state index contributed by atoms with van der Waals surface area (Å²) in [5, 5.41) is 3.11. The number of unbranched alkanes of at least 4 members (excludes halogenated alkanes) is 1. The van der Waals surface area contributed by atoms with Gasteiger partial charge in [-0.3, -0.25) is 9.00 Å². The first-order chi connectivity index (χ1) is 25.4. The largest absolute Gasteiger partial charge is 0.491 e. The van der Waals surface area contributed by atoms with Crippen molar-refractivity contribution in [2.75, 3.05) is 49.7 Å². The minimum Gasteiger partial charge on any atom is -0.491 e. The number of rotatable bonds is 16. The lowest BCUT2D eigenvalue weighted by molar-refractivity contribution is -0.112. The van der Waals surface area contributed by atoms with E-state index in [1.165, 1.54) is 0 Å². The number of imidazole rings is 1. The van der Waals surface area contributed by atoms with Crippen LogP contribution in [0.1, 0.15) is 69.3 Å². The summed E-state index contributed by atoms with van der Waals surface area (Å²) < 4.78 is 32.8. The number of aromatic nitrogens is 2. The topological polar surface area (TPSA) is 94.9 Å². The van der Waals surface area contributed by atoms with Crippen molar-refractivity contribution in [3.05, 3.63) is 95.6 Å². The molecular formula is C42H52N4O5S. The Morgan fingerprint density at radius 2 is 1.81 bits per heavy atom. The normalized spacial score (nSPS) is 17.5. The first kappa shape index (κ1) is 37.5. The van der Waals surface area contributed by atoms with Gasteiger partial charge in [-0.15, -0.1) is 0 Å². The monoisotopic (exact) mass is 724 g/mol. The Labute approximate surface area is 310 Å². The summed E-state index contributed by atoms with van der Waals surface area (Å²) in [4.78, 5) is 21.3. The highest BCUT2D eigenvalue weighted by atomic mass is 32.2. The Balaban J connectivity index is 1.18. The Morgan fingerprint density at radius 1 is 1.00 bits per heavy atom. The number of benzene rings is 3. The Morgan fingerprint density at radius 3 is 2.56 bits per heavy atom. The zero-order valence-electron chi connectivity index (χ0n) is 30.8. The van der Waals surface area contributed by atoms with Crippen molar-refractivity contribution in [3.8, 4) is 16.9 Å². The van der Waals surface area contributed by atoms with E-state index >= 15 is 0 Å². The number of hydrogen-bond acceptors (Lipinski definition) is 7. The van der Waals surface area contributed by atoms with Gasteiger partial charge in [-0.25, -0.2) is 4.98 Å². The molecule has 0 bridgehead atoms. The van der Waals surface area contributed by atoms with Gasteiger partial charge < -0.3 is 29.0 Å². The highest BCUT2D eigenvalue weighted by Crippen LogP contribution is 2.34. The maximum atomic E-state index is 13.8. The van der Waals surface area contributed by atoms with Gasteiger partial charge in [0.1, 0.15) is 12.4 Å². The predicted molar refractivity (Wildman–Crippen MR) is 209 cm³/mol. The smallest absolute Gasteiger partial charge is 0.251 e. The first-order valence-electron chi connectivity index (χ1n) is 18.7. The van der Waals surface area contributed by atoms with Crippen molar-refractivity contribution in [1.29, 1.82) is 0 Å². The molecule has 52 heavy (non-hydrogen) atoms. The molecule has 4 aromatic rings. The van der Waals surface area contributed by atoms with Gasteiger partial charge in [-0.05, 0) is 117 Å². The van der Waals surface area contributed by atoms with Crippen LogP contribution in [0, 0.1) is 6.92 Å². The van der Waals surface area contributed by atoms with Crippen LogP contribution in [0.15, 0.2) is 83.5 Å². The van der Waals surface area contributed by atoms with E-state index < -0.39 is 10.8 Å². The van der Waals surface area contributed by atoms with E-state index in [1.54, 1.807) is 6.33 Å². The molecule has 0 unspecified atom stereocenters. The molecule has 3 heterocycles. The molecule has 3 aromatic carbocycles. The molecule has 1 aromatic heterocycles. The number of aryl methyl sites for hydroxylation is 2. The summed E-state index contributed by atoms with van der Waals surface area (Å²) in [6.07, 6.45) is 9.93. The molecule has 0 radical (unpaired) electrons. The van der Waals surface area contributed by atoms with Crippen molar-refractivity contribution in [2.24, 2.45) is 0 Å². The summed E-state index contributed by atoms with van der Waals surface area (Å²) in [5.74, 6) is 1.09. The molecule has 1 amide bonds. The van der Waals surface area contributed by atoms with Gasteiger partial charge in [0.05, 0.1) is 47.0 Å². The lowest BCUT2D eigenvalue weighted by Crippen LogP contribution is -2.34. The Hall–Kier alpha value is -4.25. The number of nitrogens with zero attached hydrogens (tertiary/aromatic N) is 3. The minimum absolute atomic E-state index is 0.125. The van der Waals surface area contributed by atoms with E-state index in [0.29, 0.717) is 31.1 Å². The van der Waals surface area contributed by atoms with Gasteiger partial charge in [0, 0.05) is 54.7 Å². The number of carbonyl (C=O) groups is 1. The van der Waals surface area contributed by atoms with Crippen LogP contribution in [0.25, 0.3) is 17.2 Å². The SMILES string of the molecule is CCCCOCCOc1ccc(-c2ccc3c(c2)/C=C(/C(=O)Nc2ccc([S@](=O)Cc4c(C)ncn4CC)cc2)CCCN3C[C@H]2CCCO2)cc1.